The Hall–Kier alpha value is -2.92. The molecular formula is C20H11BrN2O2. The summed E-state index contributed by atoms with van der Waals surface area (Å²) in [5, 5.41) is 4.56. The number of nitrogens with one attached hydrogen (secondary N) is 2. The van der Waals surface area contributed by atoms with E-state index in [9.17, 15) is 9.59 Å². The van der Waals surface area contributed by atoms with Crippen LogP contribution in [0, 0.1) is 0 Å². The van der Waals surface area contributed by atoms with Crippen LogP contribution in [-0.2, 0) is 0 Å². The van der Waals surface area contributed by atoms with Crippen molar-refractivity contribution in [3.8, 4) is 11.1 Å². The molecule has 25 heavy (non-hydrogen) atoms. The fourth-order valence-corrected chi connectivity index (χ4v) is 4.13. The van der Waals surface area contributed by atoms with E-state index in [2.05, 4.69) is 32.3 Å². The van der Waals surface area contributed by atoms with Crippen LogP contribution in [0.4, 0.5) is 0 Å². The average molecular weight is 391 g/mol. The van der Waals surface area contributed by atoms with Gasteiger partial charge in [-0.05, 0) is 23.8 Å². The summed E-state index contributed by atoms with van der Waals surface area (Å²) in [5.74, 6) is -0.686. The first kappa shape index (κ1) is 14.4. The van der Waals surface area contributed by atoms with Gasteiger partial charge in [-0.25, -0.2) is 0 Å². The Kier molecular flexibility index (Phi) is 2.91. The number of benzene rings is 3. The monoisotopic (exact) mass is 390 g/mol. The minimum absolute atomic E-state index is 0.341. The molecule has 4 nitrogen and oxygen atoms in total. The maximum atomic E-state index is 12.3. The van der Waals surface area contributed by atoms with Crippen molar-refractivity contribution in [2.45, 2.75) is 0 Å². The molecule has 2 N–H and O–H groups in total. The van der Waals surface area contributed by atoms with Crippen molar-refractivity contribution in [2.75, 3.05) is 0 Å². The van der Waals surface area contributed by atoms with E-state index in [1.165, 1.54) is 0 Å². The van der Waals surface area contributed by atoms with Gasteiger partial charge in [0.1, 0.15) is 0 Å². The molecule has 0 bridgehead atoms. The molecule has 120 valence electrons. The highest BCUT2D eigenvalue weighted by Crippen LogP contribution is 2.39. The molecule has 2 amide bonds. The third kappa shape index (κ3) is 1.93. The molecule has 5 heteroatoms. The van der Waals surface area contributed by atoms with E-state index in [1.807, 2.05) is 42.5 Å². The normalized spacial score (nSPS) is 13.5. The Morgan fingerprint density at radius 3 is 2.44 bits per heavy atom. The van der Waals surface area contributed by atoms with E-state index in [-0.39, 0.29) is 11.8 Å². The van der Waals surface area contributed by atoms with E-state index in [1.54, 1.807) is 6.07 Å². The number of hydrogen-bond donors (Lipinski definition) is 2. The summed E-state index contributed by atoms with van der Waals surface area (Å²) in [6.07, 6.45) is 0. The van der Waals surface area contributed by atoms with E-state index in [0.717, 1.165) is 37.4 Å². The van der Waals surface area contributed by atoms with Crippen LogP contribution in [0.1, 0.15) is 20.7 Å². The van der Waals surface area contributed by atoms with Crippen LogP contribution < -0.4 is 5.32 Å². The molecule has 0 fully saturated rings. The molecule has 0 aliphatic carbocycles. The minimum atomic E-state index is -0.345. The fraction of sp³-hybridized carbons (Fsp3) is 0. The van der Waals surface area contributed by atoms with E-state index < -0.39 is 0 Å². The molecule has 0 atom stereocenters. The molecule has 4 aromatic rings. The number of amides is 2. The lowest BCUT2D eigenvalue weighted by molar-refractivity contribution is 0.0880. The number of para-hydroxylation sites is 1. The van der Waals surface area contributed by atoms with Crippen molar-refractivity contribution < 1.29 is 9.59 Å². The quantitative estimate of drug-likeness (QED) is 0.465. The maximum Gasteiger partial charge on any atom is 0.259 e. The van der Waals surface area contributed by atoms with E-state index in [0.29, 0.717) is 11.1 Å². The second kappa shape index (κ2) is 5.04. The van der Waals surface area contributed by atoms with Crippen molar-refractivity contribution >= 4 is 49.6 Å². The van der Waals surface area contributed by atoms with Crippen LogP contribution in [0.25, 0.3) is 32.9 Å². The van der Waals surface area contributed by atoms with Crippen molar-refractivity contribution in [1.29, 1.82) is 0 Å². The predicted molar refractivity (Wildman–Crippen MR) is 101 cm³/mol. The first-order valence-electron chi connectivity index (χ1n) is 7.83. The molecule has 1 aliphatic rings. The SMILES string of the molecule is O=C1NC(=O)c2c1cccc2-c1ccc(Br)c2c1[nH]c1ccccc12. The third-order valence-corrected chi connectivity index (χ3v) is 5.32. The molecule has 0 unspecified atom stereocenters. The first-order chi connectivity index (χ1) is 12.1. The molecular weight excluding hydrogens is 380 g/mol. The zero-order valence-corrected chi connectivity index (χ0v) is 14.5. The van der Waals surface area contributed by atoms with Gasteiger partial charge < -0.3 is 4.98 Å². The van der Waals surface area contributed by atoms with Crippen LogP contribution in [-0.4, -0.2) is 16.8 Å². The van der Waals surface area contributed by atoms with Gasteiger partial charge in [0.2, 0.25) is 0 Å². The number of fused-ring (bicyclic) bond motifs is 4. The summed E-state index contributed by atoms with van der Waals surface area (Å²) in [5.41, 5.74) is 4.49. The summed E-state index contributed by atoms with van der Waals surface area (Å²) in [7, 11) is 0. The molecule has 0 spiro atoms. The third-order valence-electron chi connectivity index (χ3n) is 4.66. The number of imide groups is 1. The van der Waals surface area contributed by atoms with Crippen LogP contribution in [0.3, 0.4) is 0 Å². The van der Waals surface area contributed by atoms with Crippen molar-refractivity contribution in [1.82, 2.24) is 10.3 Å². The smallest absolute Gasteiger partial charge is 0.259 e. The topological polar surface area (TPSA) is 62.0 Å². The summed E-state index contributed by atoms with van der Waals surface area (Å²) >= 11 is 3.63. The van der Waals surface area contributed by atoms with Gasteiger partial charge in [-0.15, -0.1) is 0 Å². The highest BCUT2D eigenvalue weighted by molar-refractivity contribution is 9.10. The largest absolute Gasteiger partial charge is 0.354 e. The predicted octanol–water partition coefficient (Wildman–Crippen LogP) is 4.63. The average Bonchev–Trinajstić information content (AvgIpc) is 3.14. The summed E-state index contributed by atoms with van der Waals surface area (Å²) in [6, 6.07) is 17.4. The van der Waals surface area contributed by atoms with Gasteiger partial charge in [0, 0.05) is 26.3 Å². The highest BCUT2D eigenvalue weighted by Gasteiger charge is 2.30. The summed E-state index contributed by atoms with van der Waals surface area (Å²) in [4.78, 5) is 27.7. The lowest BCUT2D eigenvalue weighted by Gasteiger charge is -2.09. The number of carbonyl (C=O) groups excluding carboxylic acids is 2. The Balaban J connectivity index is 1.91. The van der Waals surface area contributed by atoms with Crippen LogP contribution in [0.2, 0.25) is 0 Å². The van der Waals surface area contributed by atoms with E-state index in [4.69, 9.17) is 0 Å². The number of aromatic nitrogens is 1. The number of carbonyl (C=O) groups is 2. The number of rotatable bonds is 1. The van der Waals surface area contributed by atoms with Crippen molar-refractivity contribution in [3.05, 3.63) is 70.2 Å². The zero-order chi connectivity index (χ0) is 17.1. The second-order valence-corrected chi connectivity index (χ2v) is 6.88. The molecule has 3 aromatic carbocycles. The lowest BCUT2D eigenvalue weighted by Crippen LogP contribution is -2.20. The molecule has 0 saturated carbocycles. The van der Waals surface area contributed by atoms with E-state index >= 15 is 0 Å². The molecule has 1 aliphatic heterocycles. The summed E-state index contributed by atoms with van der Waals surface area (Å²) in [6.45, 7) is 0. The summed E-state index contributed by atoms with van der Waals surface area (Å²) < 4.78 is 0.983. The first-order valence-corrected chi connectivity index (χ1v) is 8.62. The van der Waals surface area contributed by atoms with Crippen LogP contribution >= 0.6 is 15.9 Å². The number of hydrogen-bond acceptors (Lipinski definition) is 2. The maximum absolute atomic E-state index is 12.3. The van der Waals surface area contributed by atoms with Gasteiger partial charge in [0.15, 0.2) is 0 Å². The van der Waals surface area contributed by atoms with Crippen molar-refractivity contribution in [2.24, 2.45) is 0 Å². The Morgan fingerprint density at radius 1 is 0.760 bits per heavy atom. The Bertz CT molecular complexity index is 1220. The molecule has 5 rings (SSSR count). The lowest BCUT2D eigenvalue weighted by atomic mass is 9.95. The molecule has 0 radical (unpaired) electrons. The van der Waals surface area contributed by atoms with Crippen LogP contribution in [0.5, 0.6) is 0 Å². The van der Waals surface area contributed by atoms with Gasteiger partial charge in [0.05, 0.1) is 16.6 Å². The van der Waals surface area contributed by atoms with Crippen molar-refractivity contribution in [3.63, 3.8) is 0 Å². The molecule has 2 heterocycles. The number of halogens is 1. The second-order valence-electron chi connectivity index (χ2n) is 6.03. The highest BCUT2D eigenvalue weighted by atomic mass is 79.9. The van der Waals surface area contributed by atoms with Gasteiger partial charge >= 0.3 is 0 Å². The van der Waals surface area contributed by atoms with Crippen LogP contribution in [0.15, 0.2) is 59.1 Å². The molecule has 0 saturated heterocycles. The molecule has 1 aromatic heterocycles. The van der Waals surface area contributed by atoms with Gasteiger partial charge in [0.25, 0.3) is 11.8 Å². The fourth-order valence-electron chi connectivity index (χ4n) is 3.58. The standard InChI is InChI=1S/C20H11BrN2O2/c21-14-9-8-11(18-17(14)12-4-1-2-7-15(12)22-18)10-5-3-6-13-16(10)20(25)23-19(13)24/h1-9,22H,(H,23,24,25). The van der Waals surface area contributed by atoms with Gasteiger partial charge in [-0.1, -0.05) is 52.3 Å². The minimum Gasteiger partial charge on any atom is -0.354 e. The Morgan fingerprint density at radius 2 is 1.56 bits per heavy atom. The Labute approximate surface area is 151 Å². The van der Waals surface area contributed by atoms with Gasteiger partial charge in [-0.2, -0.15) is 0 Å². The zero-order valence-electron chi connectivity index (χ0n) is 12.9. The van der Waals surface area contributed by atoms with Gasteiger partial charge in [-0.3, -0.25) is 14.9 Å². The number of aromatic amines is 1. The number of H-pyrrole nitrogens is 1.